The van der Waals surface area contributed by atoms with Gasteiger partial charge in [-0.05, 0) is 65.7 Å². The Labute approximate surface area is 233 Å². The van der Waals surface area contributed by atoms with Crippen LogP contribution in [0.1, 0.15) is 63.9 Å². The van der Waals surface area contributed by atoms with Crippen LogP contribution < -0.4 is 10.6 Å². The van der Waals surface area contributed by atoms with Gasteiger partial charge in [0.1, 0.15) is 17.5 Å². The zero-order valence-electron chi connectivity index (χ0n) is 23.6. The van der Waals surface area contributed by atoms with E-state index in [2.05, 4.69) is 10.6 Å². The lowest BCUT2D eigenvalue weighted by molar-refractivity contribution is -0.149. The predicted octanol–water partition coefficient (Wildman–Crippen LogP) is 4.65. The van der Waals surface area contributed by atoms with Crippen LogP contribution in [-0.2, 0) is 25.5 Å². The van der Waals surface area contributed by atoms with Crippen LogP contribution in [-0.4, -0.2) is 57.5 Å². The summed E-state index contributed by atoms with van der Waals surface area (Å²) in [5.41, 5.74) is -3.14. The Kier molecular flexibility index (Phi) is 12.3. The summed E-state index contributed by atoms with van der Waals surface area (Å²) in [4.78, 5) is 59.2. The van der Waals surface area contributed by atoms with Crippen molar-refractivity contribution in [2.75, 3.05) is 0 Å². The molecule has 0 aliphatic heterocycles. The first-order chi connectivity index (χ1) is 18.5. The Morgan fingerprint density at radius 3 is 1.52 bits per heavy atom. The number of aromatic carboxylic acids is 1. The molecular formula is C29H38N2O9. The molecule has 11 nitrogen and oxygen atoms in total. The van der Waals surface area contributed by atoms with E-state index < -0.39 is 46.9 Å². The maximum absolute atomic E-state index is 12.5. The van der Waals surface area contributed by atoms with Gasteiger partial charge < -0.3 is 24.5 Å². The Balaban J connectivity index is 0.000000747. The van der Waals surface area contributed by atoms with Crippen LogP contribution >= 0.6 is 0 Å². The number of carbonyl (C=O) groups is 5. The van der Waals surface area contributed by atoms with E-state index in [1.165, 1.54) is 0 Å². The zero-order chi connectivity index (χ0) is 30.6. The number of nitrogens with one attached hydrogen (secondary N) is 2. The Morgan fingerprint density at radius 1 is 0.775 bits per heavy atom. The molecule has 2 amide bonds. The minimum atomic E-state index is -2.36. The van der Waals surface area contributed by atoms with Gasteiger partial charge in [0.15, 0.2) is 0 Å². The summed E-state index contributed by atoms with van der Waals surface area (Å²) in [5, 5.41) is 23.1. The van der Waals surface area contributed by atoms with Gasteiger partial charge >= 0.3 is 24.1 Å². The SMILES string of the molecule is CC(C)(C)OC(=O)NC(NC(=O)OC(C)(C)C)(C(=O)O)C(CC=O)Cc1ccccc1.O=C(O)c1ccccc1. The van der Waals surface area contributed by atoms with E-state index in [1.54, 1.807) is 102 Å². The number of benzene rings is 2. The van der Waals surface area contributed by atoms with Crippen molar-refractivity contribution in [3.8, 4) is 0 Å². The highest BCUT2D eigenvalue weighted by Crippen LogP contribution is 2.25. The number of ether oxygens (including phenoxy) is 2. The lowest BCUT2D eigenvalue weighted by Gasteiger charge is -2.38. The van der Waals surface area contributed by atoms with E-state index in [4.69, 9.17) is 14.6 Å². The van der Waals surface area contributed by atoms with Crippen LogP contribution in [0.15, 0.2) is 60.7 Å². The van der Waals surface area contributed by atoms with Crippen molar-refractivity contribution >= 4 is 30.4 Å². The molecule has 0 aliphatic carbocycles. The van der Waals surface area contributed by atoms with E-state index >= 15 is 0 Å². The average molecular weight is 559 g/mol. The molecule has 0 aliphatic rings. The third kappa shape index (κ3) is 12.0. The van der Waals surface area contributed by atoms with E-state index in [-0.39, 0.29) is 12.8 Å². The van der Waals surface area contributed by atoms with Crippen LogP contribution in [0, 0.1) is 5.92 Å². The van der Waals surface area contributed by atoms with E-state index in [9.17, 15) is 29.1 Å². The van der Waals surface area contributed by atoms with Crippen molar-refractivity contribution in [2.45, 2.75) is 71.2 Å². The van der Waals surface area contributed by atoms with Crippen molar-refractivity contribution < 1.29 is 43.7 Å². The van der Waals surface area contributed by atoms with E-state index in [0.717, 1.165) is 5.56 Å². The first-order valence-corrected chi connectivity index (χ1v) is 12.5. The third-order valence-corrected chi connectivity index (χ3v) is 5.07. The zero-order valence-corrected chi connectivity index (χ0v) is 23.6. The number of amides is 2. The van der Waals surface area contributed by atoms with E-state index in [1.807, 2.05) is 0 Å². The van der Waals surface area contributed by atoms with Crippen LogP contribution in [0.3, 0.4) is 0 Å². The van der Waals surface area contributed by atoms with Crippen molar-refractivity contribution in [1.82, 2.24) is 10.6 Å². The number of hydrogen-bond donors (Lipinski definition) is 4. The van der Waals surface area contributed by atoms with Gasteiger partial charge in [-0.1, -0.05) is 48.5 Å². The lowest BCUT2D eigenvalue weighted by atomic mass is 9.84. The van der Waals surface area contributed by atoms with Crippen LogP contribution in [0.4, 0.5) is 9.59 Å². The summed E-state index contributed by atoms with van der Waals surface area (Å²) in [6.07, 6.45) is -1.76. The Morgan fingerprint density at radius 2 is 1.20 bits per heavy atom. The summed E-state index contributed by atoms with van der Waals surface area (Å²) in [6, 6.07) is 17.1. The molecule has 0 saturated carbocycles. The molecule has 1 atom stereocenters. The third-order valence-electron chi connectivity index (χ3n) is 5.07. The number of rotatable bonds is 9. The first-order valence-electron chi connectivity index (χ1n) is 12.5. The maximum atomic E-state index is 12.5. The molecule has 40 heavy (non-hydrogen) atoms. The highest BCUT2D eigenvalue weighted by atomic mass is 16.6. The molecule has 1 unspecified atom stereocenters. The van der Waals surface area contributed by atoms with Gasteiger partial charge in [-0.2, -0.15) is 0 Å². The van der Waals surface area contributed by atoms with Crippen molar-refractivity contribution in [3.63, 3.8) is 0 Å². The summed E-state index contributed by atoms with van der Waals surface area (Å²) in [7, 11) is 0. The molecule has 0 aromatic heterocycles. The second-order valence-electron chi connectivity index (χ2n) is 10.8. The quantitative estimate of drug-likeness (QED) is 0.253. The van der Waals surface area contributed by atoms with Gasteiger partial charge in [-0.3, -0.25) is 10.6 Å². The second-order valence-corrected chi connectivity index (χ2v) is 10.8. The summed E-state index contributed by atoms with van der Waals surface area (Å²) < 4.78 is 10.4. The second kappa shape index (κ2) is 14.7. The average Bonchev–Trinajstić information content (AvgIpc) is 2.82. The number of carboxylic acid groups (broad SMARTS) is 2. The number of aliphatic carboxylic acids is 1. The Bertz CT molecular complexity index is 1110. The molecule has 2 aromatic rings. The topological polar surface area (TPSA) is 168 Å². The molecule has 0 spiro atoms. The smallest absolute Gasteiger partial charge is 0.409 e. The maximum Gasteiger partial charge on any atom is 0.409 e. The summed E-state index contributed by atoms with van der Waals surface area (Å²) in [5.74, 6) is -3.48. The fraction of sp³-hybridized carbons (Fsp3) is 0.414. The minimum absolute atomic E-state index is 0.0808. The summed E-state index contributed by atoms with van der Waals surface area (Å²) >= 11 is 0. The van der Waals surface area contributed by atoms with Gasteiger partial charge in [0, 0.05) is 12.3 Å². The van der Waals surface area contributed by atoms with Crippen LogP contribution in [0.25, 0.3) is 0 Å². The van der Waals surface area contributed by atoms with Crippen LogP contribution in [0.5, 0.6) is 0 Å². The molecule has 0 bridgehead atoms. The van der Waals surface area contributed by atoms with E-state index in [0.29, 0.717) is 11.8 Å². The van der Waals surface area contributed by atoms with Gasteiger partial charge in [-0.15, -0.1) is 0 Å². The normalized spacial score (nSPS) is 12.1. The van der Waals surface area contributed by atoms with Gasteiger partial charge in [0.05, 0.1) is 5.56 Å². The molecule has 218 valence electrons. The summed E-state index contributed by atoms with van der Waals surface area (Å²) in [6.45, 7) is 9.69. The van der Waals surface area contributed by atoms with Crippen molar-refractivity contribution in [2.24, 2.45) is 5.92 Å². The molecule has 2 aromatic carbocycles. The number of carboxylic acids is 2. The molecule has 0 radical (unpaired) electrons. The highest BCUT2D eigenvalue weighted by Gasteiger charge is 2.50. The monoisotopic (exact) mass is 558 g/mol. The van der Waals surface area contributed by atoms with Gasteiger partial charge in [0.25, 0.3) is 0 Å². The van der Waals surface area contributed by atoms with Gasteiger partial charge in [0.2, 0.25) is 5.66 Å². The molecule has 0 saturated heterocycles. The molecule has 0 fully saturated rings. The number of alkyl carbamates (subject to hydrolysis) is 2. The van der Waals surface area contributed by atoms with Gasteiger partial charge in [-0.25, -0.2) is 19.2 Å². The molecular weight excluding hydrogens is 520 g/mol. The molecule has 4 N–H and O–H groups in total. The number of hydrogen-bond acceptors (Lipinski definition) is 7. The number of carbonyl (C=O) groups excluding carboxylic acids is 3. The first kappa shape index (κ1) is 33.6. The lowest BCUT2D eigenvalue weighted by Crippen LogP contribution is -2.70. The predicted molar refractivity (Wildman–Crippen MR) is 147 cm³/mol. The highest BCUT2D eigenvalue weighted by molar-refractivity contribution is 5.89. The fourth-order valence-corrected chi connectivity index (χ4v) is 3.45. The Hall–Kier alpha value is -4.41. The molecule has 0 heterocycles. The molecule has 2 rings (SSSR count). The fourth-order valence-electron chi connectivity index (χ4n) is 3.45. The van der Waals surface area contributed by atoms with Crippen molar-refractivity contribution in [3.05, 3.63) is 71.8 Å². The standard InChI is InChI=1S/C22H32N2O7.C7H6O2/c1-20(2,3)30-18(28)23-22(17(26)27,24-19(29)31-21(4,5)6)16(12-13-25)14-15-10-8-7-9-11-15;8-7(9)6-4-2-1-3-5-6/h7-11,13,16H,12,14H2,1-6H3,(H,23,28)(H,24,29)(H,26,27);1-5H,(H,8,9). The van der Waals surface area contributed by atoms with Crippen LogP contribution in [0.2, 0.25) is 0 Å². The largest absolute Gasteiger partial charge is 0.478 e. The minimum Gasteiger partial charge on any atom is -0.478 e. The number of aldehydes is 1. The molecule has 11 heteroatoms. The van der Waals surface area contributed by atoms with Crippen molar-refractivity contribution in [1.29, 1.82) is 0 Å².